The van der Waals surface area contributed by atoms with E-state index in [9.17, 15) is 4.39 Å². The first-order valence-electron chi connectivity index (χ1n) is 5.23. The summed E-state index contributed by atoms with van der Waals surface area (Å²) in [6.45, 7) is 0. The lowest BCUT2D eigenvalue weighted by atomic mass is 10.3. The lowest BCUT2D eigenvalue weighted by molar-refractivity contribution is 0.621. The summed E-state index contributed by atoms with van der Waals surface area (Å²) in [6.07, 6.45) is 2.94. The highest BCUT2D eigenvalue weighted by Gasteiger charge is 2.12. The highest BCUT2D eigenvalue weighted by Crippen LogP contribution is 2.16. The van der Waals surface area contributed by atoms with E-state index in [1.807, 2.05) is 6.26 Å². The number of aromatic nitrogens is 6. The number of nitrogens with two attached hydrogens (primary N) is 1. The fourth-order valence-corrected chi connectivity index (χ4v) is 1.85. The molecule has 9 heteroatoms. The molecule has 3 heterocycles. The van der Waals surface area contributed by atoms with Crippen LogP contribution in [0.3, 0.4) is 0 Å². The predicted molar refractivity (Wildman–Crippen MR) is 68.0 cm³/mol. The van der Waals surface area contributed by atoms with E-state index >= 15 is 0 Å². The molecule has 0 saturated carbocycles. The molecule has 7 nitrogen and oxygen atoms in total. The van der Waals surface area contributed by atoms with Gasteiger partial charge in [0.05, 0.1) is 6.20 Å². The molecular weight excluding hydrogens is 269 g/mol. The zero-order chi connectivity index (χ0) is 13.4. The minimum absolute atomic E-state index is 0.190. The maximum absolute atomic E-state index is 12.8. The second-order valence-corrected chi connectivity index (χ2v) is 4.35. The van der Waals surface area contributed by atoms with Crippen LogP contribution in [0, 0.1) is 5.82 Å². The van der Waals surface area contributed by atoms with Crippen molar-refractivity contribution in [1.29, 1.82) is 0 Å². The molecule has 3 aromatic heterocycles. The van der Waals surface area contributed by atoms with Crippen LogP contribution in [0.5, 0.6) is 0 Å². The first-order valence-corrected chi connectivity index (χ1v) is 6.46. The number of nitrogen functional groups attached to an aromatic ring is 1. The normalized spacial score (nSPS) is 11.1. The van der Waals surface area contributed by atoms with Gasteiger partial charge in [0.2, 0.25) is 11.8 Å². The number of fused-ring (bicyclic) bond motifs is 1. The fourth-order valence-electron chi connectivity index (χ4n) is 1.49. The van der Waals surface area contributed by atoms with Crippen LogP contribution in [-0.2, 0) is 0 Å². The molecular formula is C10H8FN7S. The standard InChI is InChI=1S/C10H8FN7S/c1-19-10-15-8(12)18-9(16-10)14-7(17-18)6-3-2-5(11)4-13-6/h2-4H,1H3,(H2,12,14,15,16,17). The van der Waals surface area contributed by atoms with E-state index in [1.54, 1.807) is 0 Å². The maximum Gasteiger partial charge on any atom is 0.258 e. The van der Waals surface area contributed by atoms with Crippen LogP contribution in [0.25, 0.3) is 17.3 Å². The smallest absolute Gasteiger partial charge is 0.258 e. The van der Waals surface area contributed by atoms with Crippen LogP contribution >= 0.6 is 11.8 Å². The summed E-state index contributed by atoms with van der Waals surface area (Å²) in [5.41, 5.74) is 6.21. The Bertz CT molecular complexity index is 739. The largest absolute Gasteiger partial charge is 0.368 e. The summed E-state index contributed by atoms with van der Waals surface area (Å²) >= 11 is 1.36. The summed E-state index contributed by atoms with van der Waals surface area (Å²) < 4.78 is 14.1. The third-order valence-electron chi connectivity index (χ3n) is 2.35. The Morgan fingerprint density at radius 1 is 1.26 bits per heavy atom. The van der Waals surface area contributed by atoms with E-state index in [0.29, 0.717) is 22.5 Å². The summed E-state index contributed by atoms with van der Waals surface area (Å²) in [5.74, 6) is 0.420. The summed E-state index contributed by atoms with van der Waals surface area (Å²) in [7, 11) is 0. The number of hydrogen-bond acceptors (Lipinski definition) is 7. The van der Waals surface area contributed by atoms with Crippen molar-refractivity contribution in [3.63, 3.8) is 0 Å². The van der Waals surface area contributed by atoms with Crippen LogP contribution < -0.4 is 5.73 Å². The lowest BCUT2D eigenvalue weighted by Gasteiger charge is -1.97. The Morgan fingerprint density at radius 3 is 2.79 bits per heavy atom. The van der Waals surface area contributed by atoms with Gasteiger partial charge in [0, 0.05) is 0 Å². The first kappa shape index (κ1) is 11.8. The number of hydrogen-bond donors (Lipinski definition) is 1. The Morgan fingerprint density at radius 2 is 2.11 bits per heavy atom. The Kier molecular flexibility index (Phi) is 2.75. The zero-order valence-electron chi connectivity index (χ0n) is 9.78. The number of halogens is 1. The Hall–Kier alpha value is -2.29. The molecule has 2 N–H and O–H groups in total. The van der Waals surface area contributed by atoms with Gasteiger partial charge in [-0.1, -0.05) is 11.8 Å². The van der Waals surface area contributed by atoms with Crippen molar-refractivity contribution in [3.05, 3.63) is 24.1 Å². The Balaban J connectivity index is 2.16. The molecule has 3 rings (SSSR count). The minimum atomic E-state index is -0.420. The van der Waals surface area contributed by atoms with Gasteiger partial charge in [-0.25, -0.2) is 9.37 Å². The van der Waals surface area contributed by atoms with Gasteiger partial charge < -0.3 is 5.73 Å². The van der Waals surface area contributed by atoms with Crippen molar-refractivity contribution in [2.45, 2.75) is 5.16 Å². The fraction of sp³-hybridized carbons (Fsp3) is 0.100. The summed E-state index contributed by atoms with van der Waals surface area (Å²) in [4.78, 5) is 16.3. The molecule has 0 radical (unpaired) electrons. The molecule has 0 aliphatic heterocycles. The molecule has 0 bridgehead atoms. The van der Waals surface area contributed by atoms with Crippen LogP contribution in [0.15, 0.2) is 23.5 Å². The van der Waals surface area contributed by atoms with E-state index in [-0.39, 0.29) is 5.95 Å². The van der Waals surface area contributed by atoms with Crippen LogP contribution in [0.1, 0.15) is 0 Å². The molecule has 0 fully saturated rings. The van der Waals surface area contributed by atoms with Crippen LogP contribution in [0.2, 0.25) is 0 Å². The minimum Gasteiger partial charge on any atom is -0.368 e. The van der Waals surface area contributed by atoms with Crippen LogP contribution in [0.4, 0.5) is 10.3 Å². The molecule has 96 valence electrons. The van der Waals surface area contributed by atoms with Crippen molar-refractivity contribution in [1.82, 2.24) is 29.5 Å². The number of anilines is 1. The molecule has 19 heavy (non-hydrogen) atoms. The average molecular weight is 277 g/mol. The van der Waals surface area contributed by atoms with Crippen molar-refractivity contribution in [2.75, 3.05) is 12.0 Å². The highest BCUT2D eigenvalue weighted by atomic mass is 32.2. The van der Waals surface area contributed by atoms with Crippen LogP contribution in [-0.4, -0.2) is 35.8 Å². The molecule has 0 spiro atoms. The maximum atomic E-state index is 12.8. The van der Waals surface area contributed by atoms with Gasteiger partial charge in [0.15, 0.2) is 5.16 Å². The van der Waals surface area contributed by atoms with E-state index in [4.69, 9.17) is 5.73 Å². The molecule has 0 unspecified atom stereocenters. The second kappa shape index (κ2) is 4.43. The molecule has 0 saturated heterocycles. The quantitative estimate of drug-likeness (QED) is 0.699. The van der Waals surface area contributed by atoms with Gasteiger partial charge in [-0.2, -0.15) is 19.5 Å². The van der Waals surface area contributed by atoms with Crippen molar-refractivity contribution < 1.29 is 4.39 Å². The molecule has 0 aliphatic carbocycles. The molecule has 3 aromatic rings. The SMILES string of the molecule is CSc1nc(N)n2nc(-c3ccc(F)cn3)nc2n1. The number of nitrogens with zero attached hydrogens (tertiary/aromatic N) is 6. The van der Waals surface area contributed by atoms with E-state index in [1.165, 1.54) is 28.4 Å². The molecule has 0 atom stereocenters. The van der Waals surface area contributed by atoms with E-state index in [0.717, 1.165) is 6.20 Å². The molecule has 0 amide bonds. The van der Waals surface area contributed by atoms with Crippen molar-refractivity contribution in [3.8, 4) is 11.5 Å². The van der Waals surface area contributed by atoms with Gasteiger partial charge in [0.1, 0.15) is 11.5 Å². The van der Waals surface area contributed by atoms with Gasteiger partial charge in [0.25, 0.3) is 5.78 Å². The number of thioether (sulfide) groups is 1. The average Bonchev–Trinajstić information content (AvgIpc) is 2.84. The van der Waals surface area contributed by atoms with Crippen molar-refractivity contribution >= 4 is 23.5 Å². The number of pyridine rings is 1. The third-order valence-corrected chi connectivity index (χ3v) is 2.90. The first-order chi connectivity index (χ1) is 9.17. The monoisotopic (exact) mass is 277 g/mol. The lowest BCUT2D eigenvalue weighted by Crippen LogP contribution is -2.04. The molecule has 0 aliphatic rings. The summed E-state index contributed by atoms with van der Waals surface area (Å²) in [6, 6.07) is 2.78. The van der Waals surface area contributed by atoms with Crippen molar-refractivity contribution in [2.24, 2.45) is 0 Å². The van der Waals surface area contributed by atoms with E-state index in [2.05, 4.69) is 25.0 Å². The van der Waals surface area contributed by atoms with Gasteiger partial charge >= 0.3 is 0 Å². The second-order valence-electron chi connectivity index (χ2n) is 3.58. The zero-order valence-corrected chi connectivity index (χ0v) is 10.6. The van der Waals surface area contributed by atoms with E-state index < -0.39 is 5.82 Å². The topological polar surface area (TPSA) is 94.9 Å². The predicted octanol–water partition coefficient (Wildman–Crippen LogP) is 1.02. The highest BCUT2D eigenvalue weighted by molar-refractivity contribution is 7.98. The third kappa shape index (κ3) is 2.08. The molecule has 0 aromatic carbocycles. The van der Waals surface area contributed by atoms with Gasteiger partial charge in [-0.15, -0.1) is 5.10 Å². The van der Waals surface area contributed by atoms with Gasteiger partial charge in [-0.3, -0.25) is 0 Å². The Labute approximate surface area is 111 Å². The summed E-state index contributed by atoms with van der Waals surface area (Å²) in [5, 5.41) is 4.66. The number of rotatable bonds is 2. The van der Waals surface area contributed by atoms with Gasteiger partial charge in [-0.05, 0) is 18.4 Å².